The minimum atomic E-state index is -0.186. The molecule has 1 aromatic carbocycles. The summed E-state index contributed by atoms with van der Waals surface area (Å²) < 4.78 is 13.0. The fourth-order valence-corrected chi connectivity index (χ4v) is 1.46. The Morgan fingerprint density at radius 1 is 1.40 bits per heavy atom. The second-order valence-electron chi connectivity index (χ2n) is 4.78. The Morgan fingerprint density at radius 2 is 2.07 bits per heavy atom. The van der Waals surface area contributed by atoms with Gasteiger partial charge in [-0.1, -0.05) is 32.9 Å². The van der Waals surface area contributed by atoms with Gasteiger partial charge in [-0.3, -0.25) is 0 Å². The summed E-state index contributed by atoms with van der Waals surface area (Å²) in [4.78, 5) is 0. The van der Waals surface area contributed by atoms with Gasteiger partial charge >= 0.3 is 0 Å². The minimum absolute atomic E-state index is 0.0734. The lowest BCUT2D eigenvalue weighted by Crippen LogP contribution is -2.38. The van der Waals surface area contributed by atoms with Gasteiger partial charge in [0.1, 0.15) is 5.82 Å². The smallest absolute Gasteiger partial charge is 0.123 e. The predicted octanol–water partition coefficient (Wildman–Crippen LogP) is 3.13. The molecule has 1 rings (SSSR count). The minimum Gasteiger partial charge on any atom is -0.327 e. The van der Waals surface area contributed by atoms with Crippen molar-refractivity contribution in [2.75, 3.05) is 0 Å². The lowest BCUT2D eigenvalue weighted by atomic mass is 9.79. The van der Waals surface area contributed by atoms with Crippen LogP contribution in [0.2, 0.25) is 0 Å². The van der Waals surface area contributed by atoms with Crippen LogP contribution < -0.4 is 5.73 Å². The Kier molecular flexibility index (Phi) is 3.86. The molecule has 0 aromatic heterocycles. The molecule has 0 bridgehead atoms. The highest BCUT2D eigenvalue weighted by Gasteiger charge is 2.24. The van der Waals surface area contributed by atoms with Gasteiger partial charge < -0.3 is 5.73 Å². The monoisotopic (exact) mass is 209 g/mol. The van der Waals surface area contributed by atoms with E-state index in [9.17, 15) is 4.39 Å². The SMILES string of the molecule is CCC(C)(C)C(N)Cc1cccc(F)c1. The number of rotatable bonds is 4. The summed E-state index contributed by atoms with van der Waals surface area (Å²) in [6.07, 6.45) is 1.77. The molecule has 1 atom stereocenters. The van der Waals surface area contributed by atoms with E-state index in [0.29, 0.717) is 0 Å². The summed E-state index contributed by atoms with van der Waals surface area (Å²) in [6.45, 7) is 6.43. The van der Waals surface area contributed by atoms with Crippen molar-refractivity contribution in [2.24, 2.45) is 11.1 Å². The molecule has 84 valence electrons. The first kappa shape index (κ1) is 12.2. The van der Waals surface area contributed by atoms with E-state index in [0.717, 1.165) is 18.4 Å². The predicted molar refractivity (Wildman–Crippen MR) is 62.2 cm³/mol. The van der Waals surface area contributed by atoms with Gasteiger partial charge in [0.05, 0.1) is 0 Å². The highest BCUT2D eigenvalue weighted by molar-refractivity contribution is 5.17. The van der Waals surface area contributed by atoms with Gasteiger partial charge in [0.25, 0.3) is 0 Å². The fourth-order valence-electron chi connectivity index (χ4n) is 1.46. The number of benzene rings is 1. The van der Waals surface area contributed by atoms with Crippen LogP contribution in [-0.4, -0.2) is 6.04 Å². The molecule has 0 fully saturated rings. The molecular weight excluding hydrogens is 189 g/mol. The average molecular weight is 209 g/mol. The molecule has 0 aliphatic heterocycles. The topological polar surface area (TPSA) is 26.0 Å². The zero-order valence-electron chi connectivity index (χ0n) is 9.76. The van der Waals surface area contributed by atoms with Gasteiger partial charge in [0.15, 0.2) is 0 Å². The molecule has 0 saturated heterocycles. The summed E-state index contributed by atoms with van der Waals surface area (Å²) in [6, 6.07) is 6.75. The van der Waals surface area contributed by atoms with E-state index in [1.807, 2.05) is 6.07 Å². The summed E-state index contributed by atoms with van der Waals surface area (Å²) >= 11 is 0. The lowest BCUT2D eigenvalue weighted by molar-refractivity contribution is 0.272. The van der Waals surface area contributed by atoms with Crippen molar-refractivity contribution in [3.05, 3.63) is 35.6 Å². The molecule has 1 aromatic rings. The molecule has 0 spiro atoms. The molecule has 0 amide bonds. The van der Waals surface area contributed by atoms with Crippen LogP contribution in [0.5, 0.6) is 0 Å². The number of hydrogen-bond donors (Lipinski definition) is 1. The summed E-state index contributed by atoms with van der Waals surface area (Å²) in [5.74, 6) is -0.186. The van der Waals surface area contributed by atoms with E-state index in [1.54, 1.807) is 12.1 Å². The van der Waals surface area contributed by atoms with Gasteiger partial charge in [-0.05, 0) is 36.0 Å². The Morgan fingerprint density at radius 3 is 2.60 bits per heavy atom. The summed E-state index contributed by atoms with van der Waals surface area (Å²) in [5.41, 5.74) is 7.20. The second kappa shape index (κ2) is 4.75. The maximum atomic E-state index is 13.0. The Hall–Kier alpha value is -0.890. The van der Waals surface area contributed by atoms with Crippen LogP contribution in [0.25, 0.3) is 0 Å². The van der Waals surface area contributed by atoms with E-state index in [2.05, 4.69) is 20.8 Å². The quantitative estimate of drug-likeness (QED) is 0.810. The molecule has 2 heteroatoms. The number of hydrogen-bond acceptors (Lipinski definition) is 1. The second-order valence-corrected chi connectivity index (χ2v) is 4.78. The average Bonchev–Trinajstić information content (AvgIpc) is 2.17. The maximum Gasteiger partial charge on any atom is 0.123 e. The lowest BCUT2D eigenvalue weighted by Gasteiger charge is -2.30. The van der Waals surface area contributed by atoms with Crippen molar-refractivity contribution >= 4 is 0 Å². The fraction of sp³-hybridized carbons (Fsp3) is 0.538. The first-order valence-corrected chi connectivity index (χ1v) is 5.45. The molecule has 2 N–H and O–H groups in total. The zero-order chi connectivity index (χ0) is 11.5. The third kappa shape index (κ3) is 3.31. The molecular formula is C13H20FN. The largest absolute Gasteiger partial charge is 0.327 e. The van der Waals surface area contributed by atoms with Crippen LogP contribution in [-0.2, 0) is 6.42 Å². The van der Waals surface area contributed by atoms with Crippen LogP contribution in [0.4, 0.5) is 4.39 Å². The van der Waals surface area contributed by atoms with Gasteiger partial charge in [0, 0.05) is 6.04 Å². The van der Waals surface area contributed by atoms with Gasteiger partial charge in [-0.25, -0.2) is 4.39 Å². The first-order chi connectivity index (χ1) is 6.95. The standard InChI is InChI=1S/C13H20FN/c1-4-13(2,3)12(15)9-10-6-5-7-11(14)8-10/h5-8,12H,4,9,15H2,1-3H3. The van der Waals surface area contributed by atoms with Crippen molar-refractivity contribution in [3.63, 3.8) is 0 Å². The van der Waals surface area contributed by atoms with Gasteiger partial charge in [0.2, 0.25) is 0 Å². The van der Waals surface area contributed by atoms with E-state index < -0.39 is 0 Å². The number of nitrogens with two attached hydrogens (primary N) is 1. The van der Waals surface area contributed by atoms with Gasteiger partial charge in [-0.15, -0.1) is 0 Å². The van der Waals surface area contributed by atoms with E-state index in [4.69, 9.17) is 5.73 Å². The van der Waals surface area contributed by atoms with Crippen LogP contribution in [0, 0.1) is 11.2 Å². The molecule has 0 saturated carbocycles. The highest BCUT2D eigenvalue weighted by atomic mass is 19.1. The molecule has 0 radical (unpaired) electrons. The van der Waals surface area contributed by atoms with Crippen molar-refractivity contribution < 1.29 is 4.39 Å². The molecule has 0 aliphatic rings. The van der Waals surface area contributed by atoms with Crippen molar-refractivity contribution in [1.29, 1.82) is 0 Å². The van der Waals surface area contributed by atoms with Gasteiger partial charge in [-0.2, -0.15) is 0 Å². The molecule has 1 unspecified atom stereocenters. The van der Waals surface area contributed by atoms with Crippen LogP contribution in [0.1, 0.15) is 32.8 Å². The first-order valence-electron chi connectivity index (χ1n) is 5.45. The van der Waals surface area contributed by atoms with Crippen molar-refractivity contribution in [3.8, 4) is 0 Å². The van der Waals surface area contributed by atoms with Crippen LogP contribution in [0.15, 0.2) is 24.3 Å². The normalized spacial score (nSPS) is 13.9. The summed E-state index contributed by atoms with van der Waals surface area (Å²) in [5, 5.41) is 0. The van der Waals surface area contributed by atoms with Crippen LogP contribution in [0.3, 0.4) is 0 Å². The van der Waals surface area contributed by atoms with Crippen molar-refractivity contribution in [1.82, 2.24) is 0 Å². The van der Waals surface area contributed by atoms with E-state index in [1.165, 1.54) is 6.07 Å². The Labute approximate surface area is 91.5 Å². The van der Waals surface area contributed by atoms with Crippen LogP contribution >= 0.6 is 0 Å². The van der Waals surface area contributed by atoms with Crippen molar-refractivity contribution in [2.45, 2.75) is 39.7 Å². The molecule has 15 heavy (non-hydrogen) atoms. The molecule has 1 nitrogen and oxygen atoms in total. The molecule has 0 heterocycles. The zero-order valence-corrected chi connectivity index (χ0v) is 9.76. The highest BCUT2D eigenvalue weighted by Crippen LogP contribution is 2.25. The number of halogens is 1. The molecule has 0 aliphatic carbocycles. The Balaban J connectivity index is 2.70. The maximum absolute atomic E-state index is 13.0. The summed E-state index contributed by atoms with van der Waals surface area (Å²) in [7, 11) is 0. The van der Waals surface area contributed by atoms with E-state index in [-0.39, 0.29) is 17.3 Å². The van der Waals surface area contributed by atoms with E-state index >= 15 is 0 Å². The third-order valence-corrected chi connectivity index (χ3v) is 3.26. The Bertz CT molecular complexity index is 320. The third-order valence-electron chi connectivity index (χ3n) is 3.26.